The number of hydrogen-bond donors (Lipinski definition) is 0. The molecule has 3 heteroatoms. The molecule has 0 heterocycles. The molecule has 0 aromatic heterocycles. The second-order valence-corrected chi connectivity index (χ2v) is 16.9. The van der Waals surface area contributed by atoms with Crippen LogP contribution in [0.25, 0.3) is 0 Å². The lowest BCUT2D eigenvalue weighted by atomic mass is 10.1. The summed E-state index contributed by atoms with van der Waals surface area (Å²) in [6.07, 6.45) is 1.36. The first-order valence-electron chi connectivity index (χ1n) is 5.83. The summed E-state index contributed by atoms with van der Waals surface area (Å²) in [4.78, 5) is 0. The third-order valence-electron chi connectivity index (χ3n) is 2.55. The first-order chi connectivity index (χ1) is 6.05. The zero-order chi connectivity index (χ0) is 11.6. The Bertz CT molecular complexity index is 151. The molecule has 0 radical (unpaired) electrons. The van der Waals surface area contributed by atoms with Gasteiger partial charge in [-0.1, -0.05) is 53.1 Å². The van der Waals surface area contributed by atoms with Gasteiger partial charge in [-0.15, -0.1) is 0 Å². The Kier molecular flexibility index (Phi) is 5.09. The van der Waals surface area contributed by atoms with Gasteiger partial charge in [0, 0.05) is 0 Å². The monoisotopic (exact) mass is 231 g/mol. The smallest absolute Gasteiger partial charge is 0.112 e. The molecule has 0 amide bonds. The fraction of sp³-hybridized carbons (Fsp3) is 1.00. The normalized spacial score (nSPS) is 14.1. The van der Waals surface area contributed by atoms with Crippen LogP contribution in [0.15, 0.2) is 0 Å². The Morgan fingerprint density at radius 2 is 1.21 bits per heavy atom. The second kappa shape index (κ2) is 4.95. The van der Waals surface area contributed by atoms with Gasteiger partial charge in [0.05, 0.1) is 0 Å². The Hall–Kier alpha value is 0.394. The van der Waals surface area contributed by atoms with Gasteiger partial charge >= 0.3 is 0 Å². The largest absolute Gasteiger partial charge is 0.346 e. The zero-order valence-corrected chi connectivity index (χ0v) is 13.4. The van der Waals surface area contributed by atoms with Gasteiger partial charge in [-0.25, -0.2) is 0 Å². The summed E-state index contributed by atoms with van der Waals surface area (Å²) in [5.41, 5.74) is 0. The molecule has 0 aromatic carbocycles. The first-order valence-corrected chi connectivity index (χ1v) is 12.7. The topological polar surface area (TPSA) is 3.24 Å². The van der Waals surface area contributed by atoms with Gasteiger partial charge in [0.1, 0.15) is 16.5 Å². The summed E-state index contributed by atoms with van der Waals surface area (Å²) in [6.45, 7) is 20.8. The Morgan fingerprint density at radius 1 is 0.857 bits per heavy atom. The first kappa shape index (κ1) is 14.4. The van der Waals surface area contributed by atoms with Crippen LogP contribution in [-0.2, 0) is 0 Å². The van der Waals surface area contributed by atoms with Crippen molar-refractivity contribution in [2.75, 3.05) is 6.54 Å². The van der Waals surface area contributed by atoms with Crippen LogP contribution >= 0.6 is 0 Å². The van der Waals surface area contributed by atoms with Crippen molar-refractivity contribution in [2.24, 2.45) is 5.92 Å². The molecule has 0 saturated carbocycles. The van der Waals surface area contributed by atoms with E-state index in [0.29, 0.717) is 0 Å². The van der Waals surface area contributed by atoms with Gasteiger partial charge < -0.3 is 4.23 Å². The lowest BCUT2D eigenvalue weighted by Gasteiger charge is -2.44. The van der Waals surface area contributed by atoms with Crippen molar-refractivity contribution >= 4 is 16.5 Å². The van der Waals surface area contributed by atoms with Crippen molar-refractivity contribution in [3.05, 3.63) is 0 Å². The molecule has 86 valence electrons. The predicted molar refractivity (Wildman–Crippen MR) is 72.9 cm³/mol. The summed E-state index contributed by atoms with van der Waals surface area (Å²) in [6, 6.07) is 0. The van der Waals surface area contributed by atoms with E-state index in [1.54, 1.807) is 0 Å². The van der Waals surface area contributed by atoms with Crippen molar-refractivity contribution in [3.63, 3.8) is 0 Å². The molecule has 14 heavy (non-hydrogen) atoms. The molecule has 0 spiro atoms. The van der Waals surface area contributed by atoms with Crippen LogP contribution in [0.3, 0.4) is 0 Å². The Morgan fingerprint density at radius 3 is 1.43 bits per heavy atom. The molecular weight excluding hydrogens is 202 g/mol. The lowest BCUT2D eigenvalue weighted by Crippen LogP contribution is -2.59. The van der Waals surface area contributed by atoms with E-state index in [0.717, 1.165) is 5.92 Å². The molecule has 0 saturated heterocycles. The van der Waals surface area contributed by atoms with E-state index in [9.17, 15) is 0 Å². The van der Waals surface area contributed by atoms with Crippen molar-refractivity contribution in [3.8, 4) is 0 Å². The molecule has 0 N–H and O–H groups in total. The molecule has 0 atom stereocenters. The molecule has 0 fully saturated rings. The van der Waals surface area contributed by atoms with Gasteiger partial charge in [-0.05, 0) is 18.9 Å². The van der Waals surface area contributed by atoms with Gasteiger partial charge in [-0.2, -0.15) is 0 Å². The average Bonchev–Trinajstić information content (AvgIpc) is 1.78. The standard InChI is InChI=1S/C11H29NSi2/c1-11(2)9-10-12(13(3,4)5)14(6,7)8/h11H,9-10H2,1-8H3. The van der Waals surface area contributed by atoms with Gasteiger partial charge in [0.25, 0.3) is 0 Å². The SMILES string of the molecule is CC(C)CCN([Si](C)(C)C)[Si](C)(C)C. The van der Waals surface area contributed by atoms with Crippen LogP contribution in [-0.4, -0.2) is 27.2 Å². The molecule has 0 aromatic rings. The number of nitrogens with zero attached hydrogens (tertiary/aromatic N) is 1. The summed E-state index contributed by atoms with van der Waals surface area (Å²) in [5, 5.41) is 0. The maximum absolute atomic E-state index is 2.88. The summed E-state index contributed by atoms with van der Waals surface area (Å²) in [7, 11) is -2.19. The van der Waals surface area contributed by atoms with Gasteiger partial charge in [0.15, 0.2) is 0 Å². The van der Waals surface area contributed by atoms with E-state index in [4.69, 9.17) is 0 Å². The lowest BCUT2D eigenvalue weighted by molar-refractivity contribution is 0.496. The summed E-state index contributed by atoms with van der Waals surface area (Å²) < 4.78 is 2.88. The Labute approximate surface area is 93.1 Å². The third-order valence-corrected chi connectivity index (χ3v) is 10.3. The predicted octanol–water partition coefficient (Wildman–Crippen LogP) is 4.00. The molecule has 0 unspecified atom stereocenters. The van der Waals surface area contributed by atoms with Crippen LogP contribution < -0.4 is 0 Å². The van der Waals surface area contributed by atoms with E-state index in [1.165, 1.54) is 13.0 Å². The molecule has 0 aliphatic rings. The summed E-state index contributed by atoms with van der Waals surface area (Å²) in [5.74, 6) is 0.838. The van der Waals surface area contributed by atoms with Crippen LogP contribution in [0.1, 0.15) is 20.3 Å². The number of hydrogen-bond acceptors (Lipinski definition) is 1. The minimum Gasteiger partial charge on any atom is -0.346 e. The highest BCUT2D eigenvalue weighted by atomic mass is 28.4. The molecule has 0 rings (SSSR count). The van der Waals surface area contributed by atoms with E-state index in [2.05, 4.69) is 57.4 Å². The summed E-state index contributed by atoms with van der Waals surface area (Å²) >= 11 is 0. The second-order valence-electron chi connectivity index (χ2n) is 6.68. The maximum Gasteiger partial charge on any atom is 0.112 e. The highest BCUT2D eigenvalue weighted by molar-refractivity contribution is 6.89. The van der Waals surface area contributed by atoms with Crippen LogP contribution in [0.5, 0.6) is 0 Å². The number of rotatable bonds is 5. The third kappa shape index (κ3) is 5.32. The van der Waals surface area contributed by atoms with Crippen molar-refractivity contribution < 1.29 is 0 Å². The van der Waals surface area contributed by atoms with Crippen molar-refractivity contribution in [1.29, 1.82) is 0 Å². The molecule has 0 aliphatic heterocycles. The quantitative estimate of drug-likeness (QED) is 0.646. The minimum atomic E-state index is -1.09. The van der Waals surface area contributed by atoms with Crippen LogP contribution in [0.2, 0.25) is 39.3 Å². The van der Waals surface area contributed by atoms with E-state index < -0.39 is 16.5 Å². The van der Waals surface area contributed by atoms with Crippen LogP contribution in [0.4, 0.5) is 0 Å². The fourth-order valence-electron chi connectivity index (χ4n) is 2.06. The van der Waals surface area contributed by atoms with Crippen molar-refractivity contribution in [2.45, 2.75) is 59.6 Å². The van der Waals surface area contributed by atoms with E-state index in [-0.39, 0.29) is 0 Å². The van der Waals surface area contributed by atoms with E-state index >= 15 is 0 Å². The molecule has 0 bridgehead atoms. The molecule has 1 nitrogen and oxygen atoms in total. The van der Waals surface area contributed by atoms with Crippen LogP contribution in [0, 0.1) is 5.92 Å². The Balaban J connectivity index is 4.44. The van der Waals surface area contributed by atoms with Gasteiger partial charge in [-0.3, -0.25) is 0 Å². The molecular formula is C11H29NSi2. The van der Waals surface area contributed by atoms with Crippen molar-refractivity contribution in [1.82, 2.24) is 4.23 Å². The maximum atomic E-state index is 2.88. The fourth-order valence-corrected chi connectivity index (χ4v) is 11.7. The molecule has 0 aliphatic carbocycles. The van der Waals surface area contributed by atoms with E-state index in [1.807, 2.05) is 0 Å². The average molecular weight is 232 g/mol. The highest BCUT2D eigenvalue weighted by Gasteiger charge is 2.33. The minimum absolute atomic E-state index is 0.838. The van der Waals surface area contributed by atoms with Gasteiger partial charge in [0.2, 0.25) is 0 Å². The zero-order valence-electron chi connectivity index (χ0n) is 11.4. The highest BCUT2D eigenvalue weighted by Crippen LogP contribution is 2.20.